The minimum Gasteiger partial charge on any atom is -0.382 e. The summed E-state index contributed by atoms with van der Waals surface area (Å²) >= 11 is 0. The van der Waals surface area contributed by atoms with Gasteiger partial charge in [0.15, 0.2) is 0 Å². The Morgan fingerprint density at radius 1 is 1.15 bits per heavy atom. The second kappa shape index (κ2) is 5.83. The molecule has 1 fully saturated rings. The number of carbonyl (C=O) groups is 1. The Hall–Kier alpha value is -1.56. The monoisotopic (exact) mass is 293 g/mol. The van der Waals surface area contributed by atoms with E-state index in [2.05, 4.69) is 16.0 Å². The molecule has 1 saturated heterocycles. The van der Waals surface area contributed by atoms with Crippen molar-refractivity contribution in [1.82, 2.24) is 5.32 Å². The van der Waals surface area contributed by atoms with Crippen LogP contribution in [0.5, 0.6) is 0 Å². The predicted octanol–water partition coefficient (Wildman–Crippen LogP) is 1.16. The molecule has 1 aromatic carbocycles. The van der Waals surface area contributed by atoms with Crippen molar-refractivity contribution in [1.29, 1.82) is 0 Å². The first kappa shape index (κ1) is 13.4. The summed E-state index contributed by atoms with van der Waals surface area (Å²) in [5, 5.41) is 9.61. The van der Waals surface area contributed by atoms with Gasteiger partial charge in [-0.25, -0.2) is 0 Å². The van der Waals surface area contributed by atoms with E-state index >= 15 is 0 Å². The van der Waals surface area contributed by atoms with Crippen molar-refractivity contribution in [3.63, 3.8) is 0 Å². The molecule has 0 unspecified atom stereocenters. The van der Waals surface area contributed by atoms with E-state index in [1.807, 2.05) is 18.2 Å². The highest BCUT2D eigenvalue weighted by atomic mass is 32.2. The Morgan fingerprint density at radius 3 is 2.60 bits per heavy atom. The van der Waals surface area contributed by atoms with Crippen LogP contribution in [-0.4, -0.2) is 40.8 Å². The van der Waals surface area contributed by atoms with Gasteiger partial charge in [-0.15, -0.1) is 0 Å². The Labute approximate surface area is 121 Å². The fourth-order valence-electron chi connectivity index (χ4n) is 2.59. The normalized spacial score (nSPS) is 25.0. The summed E-state index contributed by atoms with van der Waals surface area (Å²) in [5.41, 5.74) is 2.70. The molecule has 5 nitrogen and oxygen atoms in total. The molecule has 108 valence electrons. The van der Waals surface area contributed by atoms with Gasteiger partial charge >= 0.3 is 0 Å². The molecular formula is C14H19N3O2S. The van der Waals surface area contributed by atoms with Crippen LogP contribution in [0.4, 0.5) is 11.4 Å². The molecule has 3 rings (SSSR count). The lowest BCUT2D eigenvalue weighted by Gasteiger charge is -2.23. The maximum absolute atomic E-state index is 12.2. The van der Waals surface area contributed by atoms with Crippen LogP contribution < -0.4 is 16.0 Å². The van der Waals surface area contributed by atoms with E-state index in [1.165, 1.54) is 0 Å². The quantitative estimate of drug-likeness (QED) is 0.765. The predicted molar refractivity (Wildman–Crippen MR) is 81.8 cm³/mol. The van der Waals surface area contributed by atoms with Crippen molar-refractivity contribution in [2.45, 2.75) is 18.9 Å². The molecule has 2 heterocycles. The topological polar surface area (TPSA) is 70.2 Å². The molecule has 6 heteroatoms. The lowest BCUT2D eigenvalue weighted by molar-refractivity contribution is 0.0934. The minimum absolute atomic E-state index is 0.0437. The van der Waals surface area contributed by atoms with Crippen LogP contribution >= 0.6 is 0 Å². The SMILES string of the molecule is O=C(NC1CCS(=O)CC1)c1ccc2c(c1)NCCN2. The van der Waals surface area contributed by atoms with Gasteiger partial charge < -0.3 is 16.0 Å². The zero-order chi connectivity index (χ0) is 13.9. The number of anilines is 2. The standard InChI is InChI=1S/C14H19N3O2S/c18-14(17-11-3-7-20(19)8-4-11)10-1-2-12-13(9-10)16-6-5-15-12/h1-2,9,11,15-16H,3-8H2,(H,17,18). The molecule has 0 atom stereocenters. The highest BCUT2D eigenvalue weighted by molar-refractivity contribution is 7.85. The molecule has 1 amide bonds. The first-order chi connectivity index (χ1) is 9.72. The summed E-state index contributed by atoms with van der Waals surface area (Å²) in [6, 6.07) is 5.82. The number of hydrogen-bond acceptors (Lipinski definition) is 4. The van der Waals surface area contributed by atoms with Gasteiger partial charge in [0.2, 0.25) is 0 Å². The van der Waals surface area contributed by atoms with Crippen molar-refractivity contribution in [3.8, 4) is 0 Å². The van der Waals surface area contributed by atoms with Crippen LogP contribution in [-0.2, 0) is 10.8 Å². The number of fused-ring (bicyclic) bond motifs is 1. The molecule has 20 heavy (non-hydrogen) atoms. The summed E-state index contributed by atoms with van der Waals surface area (Å²) < 4.78 is 11.3. The molecule has 2 aliphatic rings. The van der Waals surface area contributed by atoms with Gasteiger partial charge in [0.1, 0.15) is 0 Å². The van der Waals surface area contributed by atoms with Crippen LogP contribution in [0.2, 0.25) is 0 Å². The zero-order valence-electron chi connectivity index (χ0n) is 11.3. The zero-order valence-corrected chi connectivity index (χ0v) is 12.1. The van der Waals surface area contributed by atoms with Gasteiger partial charge in [0, 0.05) is 47.0 Å². The summed E-state index contributed by atoms with van der Waals surface area (Å²) in [5.74, 6) is 1.35. The lowest BCUT2D eigenvalue weighted by atomic mass is 10.1. The van der Waals surface area contributed by atoms with Crippen molar-refractivity contribution in [3.05, 3.63) is 23.8 Å². The van der Waals surface area contributed by atoms with Gasteiger partial charge in [0.25, 0.3) is 5.91 Å². The molecule has 0 bridgehead atoms. The van der Waals surface area contributed by atoms with Crippen LogP contribution in [0.1, 0.15) is 23.2 Å². The van der Waals surface area contributed by atoms with Gasteiger partial charge in [-0.3, -0.25) is 9.00 Å². The molecular weight excluding hydrogens is 274 g/mol. The van der Waals surface area contributed by atoms with E-state index < -0.39 is 10.8 Å². The number of amides is 1. The largest absolute Gasteiger partial charge is 0.382 e. The van der Waals surface area contributed by atoms with E-state index in [1.54, 1.807) is 0 Å². The first-order valence-electron chi connectivity index (χ1n) is 7.00. The van der Waals surface area contributed by atoms with Crippen molar-refractivity contribution in [2.24, 2.45) is 0 Å². The van der Waals surface area contributed by atoms with E-state index in [4.69, 9.17) is 0 Å². The average molecular weight is 293 g/mol. The van der Waals surface area contributed by atoms with Crippen LogP contribution in [0.25, 0.3) is 0 Å². The number of nitrogens with one attached hydrogen (secondary N) is 3. The molecule has 0 aromatic heterocycles. The highest BCUT2D eigenvalue weighted by Crippen LogP contribution is 2.25. The molecule has 0 radical (unpaired) electrons. The fourth-order valence-corrected chi connectivity index (χ4v) is 3.89. The third-order valence-corrected chi connectivity index (χ3v) is 5.14. The minimum atomic E-state index is -0.692. The van der Waals surface area contributed by atoms with E-state index in [0.717, 1.165) is 37.3 Å². The Bertz CT molecular complexity index is 537. The first-order valence-corrected chi connectivity index (χ1v) is 8.49. The number of benzene rings is 1. The lowest BCUT2D eigenvalue weighted by Crippen LogP contribution is -2.39. The second-order valence-corrected chi connectivity index (χ2v) is 6.91. The Balaban J connectivity index is 1.66. The summed E-state index contributed by atoms with van der Waals surface area (Å²) in [4.78, 5) is 12.2. The second-order valence-electron chi connectivity index (χ2n) is 5.21. The van der Waals surface area contributed by atoms with Gasteiger partial charge in [-0.1, -0.05) is 0 Å². The van der Waals surface area contributed by atoms with Crippen molar-refractivity contribution >= 4 is 28.1 Å². The Kier molecular flexibility index (Phi) is 3.91. The smallest absolute Gasteiger partial charge is 0.251 e. The van der Waals surface area contributed by atoms with Gasteiger partial charge in [-0.05, 0) is 31.0 Å². The summed E-state index contributed by atoms with van der Waals surface area (Å²) in [6.45, 7) is 1.77. The Morgan fingerprint density at radius 2 is 1.85 bits per heavy atom. The maximum atomic E-state index is 12.2. The fraction of sp³-hybridized carbons (Fsp3) is 0.500. The summed E-state index contributed by atoms with van der Waals surface area (Å²) in [7, 11) is -0.692. The number of carbonyl (C=O) groups excluding carboxylic acids is 1. The number of hydrogen-bond donors (Lipinski definition) is 3. The molecule has 0 aliphatic carbocycles. The average Bonchev–Trinajstić information content (AvgIpc) is 2.49. The van der Waals surface area contributed by atoms with E-state index in [9.17, 15) is 9.00 Å². The van der Waals surface area contributed by atoms with Crippen molar-refractivity contribution < 1.29 is 9.00 Å². The van der Waals surface area contributed by atoms with Crippen molar-refractivity contribution in [2.75, 3.05) is 35.2 Å². The van der Waals surface area contributed by atoms with E-state index in [0.29, 0.717) is 17.1 Å². The molecule has 0 saturated carbocycles. The highest BCUT2D eigenvalue weighted by Gasteiger charge is 2.20. The van der Waals surface area contributed by atoms with E-state index in [-0.39, 0.29) is 11.9 Å². The molecule has 1 aromatic rings. The van der Waals surface area contributed by atoms with Gasteiger partial charge in [0.05, 0.1) is 11.4 Å². The molecule has 2 aliphatic heterocycles. The maximum Gasteiger partial charge on any atom is 0.251 e. The summed E-state index contributed by atoms with van der Waals surface area (Å²) in [6.07, 6.45) is 1.62. The number of rotatable bonds is 2. The third-order valence-electron chi connectivity index (χ3n) is 3.76. The third kappa shape index (κ3) is 2.95. The van der Waals surface area contributed by atoms with Crippen LogP contribution in [0.3, 0.4) is 0 Å². The van der Waals surface area contributed by atoms with Crippen LogP contribution in [0, 0.1) is 0 Å². The van der Waals surface area contributed by atoms with Crippen LogP contribution in [0.15, 0.2) is 18.2 Å². The van der Waals surface area contributed by atoms with Gasteiger partial charge in [-0.2, -0.15) is 0 Å². The molecule has 0 spiro atoms. The molecule has 3 N–H and O–H groups in total.